The smallest absolute Gasteiger partial charge is 0.139 e. The van der Waals surface area contributed by atoms with E-state index in [-0.39, 0.29) is 0 Å². The number of aromatic nitrogens is 4. The van der Waals surface area contributed by atoms with Crippen molar-refractivity contribution in [2.75, 3.05) is 0 Å². The number of nitrogens with zero attached hydrogens (tertiary/aromatic N) is 3. The molecule has 64 valence electrons. The molecular formula is C9H8N4. The van der Waals surface area contributed by atoms with Crippen LogP contribution in [0.3, 0.4) is 0 Å². The van der Waals surface area contributed by atoms with E-state index in [0.717, 1.165) is 22.1 Å². The van der Waals surface area contributed by atoms with Crippen LogP contribution in [-0.2, 0) is 7.05 Å². The molecule has 3 heterocycles. The van der Waals surface area contributed by atoms with Gasteiger partial charge in [0.1, 0.15) is 11.2 Å². The van der Waals surface area contributed by atoms with E-state index in [1.165, 1.54) is 0 Å². The van der Waals surface area contributed by atoms with Gasteiger partial charge >= 0.3 is 0 Å². The molecule has 0 aliphatic heterocycles. The number of aryl methyl sites for hydroxylation is 1. The molecule has 0 aromatic carbocycles. The summed E-state index contributed by atoms with van der Waals surface area (Å²) in [5.74, 6) is 0. The summed E-state index contributed by atoms with van der Waals surface area (Å²) in [6.07, 6.45) is 5.48. The summed E-state index contributed by atoms with van der Waals surface area (Å²) in [6.45, 7) is 0. The molecule has 0 spiro atoms. The summed E-state index contributed by atoms with van der Waals surface area (Å²) in [7, 11) is 1.99. The van der Waals surface area contributed by atoms with Crippen molar-refractivity contribution in [1.82, 2.24) is 19.5 Å². The van der Waals surface area contributed by atoms with Crippen LogP contribution in [-0.4, -0.2) is 19.5 Å². The molecule has 0 aliphatic carbocycles. The van der Waals surface area contributed by atoms with Gasteiger partial charge in [-0.05, 0) is 6.07 Å². The first-order valence-electron chi connectivity index (χ1n) is 4.09. The maximum atomic E-state index is 4.25. The molecule has 0 atom stereocenters. The van der Waals surface area contributed by atoms with Crippen LogP contribution in [0.2, 0.25) is 0 Å². The van der Waals surface area contributed by atoms with E-state index in [4.69, 9.17) is 0 Å². The van der Waals surface area contributed by atoms with E-state index in [1.54, 1.807) is 12.5 Å². The van der Waals surface area contributed by atoms with Crippen LogP contribution >= 0.6 is 0 Å². The molecule has 0 bridgehead atoms. The number of H-pyrrole nitrogens is 1. The Morgan fingerprint density at radius 1 is 1.38 bits per heavy atom. The van der Waals surface area contributed by atoms with Gasteiger partial charge in [-0.1, -0.05) is 0 Å². The Morgan fingerprint density at radius 2 is 2.31 bits per heavy atom. The van der Waals surface area contributed by atoms with E-state index in [0.29, 0.717) is 0 Å². The minimum atomic E-state index is 0.913. The number of pyridine rings is 1. The molecule has 3 aromatic heterocycles. The number of imidazole rings is 1. The third kappa shape index (κ3) is 0.744. The molecule has 0 fully saturated rings. The summed E-state index contributed by atoms with van der Waals surface area (Å²) in [6, 6.07) is 2.02. The van der Waals surface area contributed by atoms with Crippen molar-refractivity contribution < 1.29 is 0 Å². The average Bonchev–Trinajstić information content (AvgIpc) is 2.70. The Bertz CT molecular complexity index is 575. The Labute approximate surface area is 74.2 Å². The zero-order valence-electron chi connectivity index (χ0n) is 7.15. The first kappa shape index (κ1) is 6.65. The lowest BCUT2D eigenvalue weighted by Crippen LogP contribution is -1.85. The molecule has 0 radical (unpaired) electrons. The number of fused-ring (bicyclic) bond motifs is 3. The van der Waals surface area contributed by atoms with Crippen molar-refractivity contribution in [2.24, 2.45) is 7.05 Å². The van der Waals surface area contributed by atoms with E-state index in [9.17, 15) is 0 Å². The number of hydrogen-bond donors (Lipinski definition) is 1. The fraction of sp³-hybridized carbons (Fsp3) is 0.111. The highest BCUT2D eigenvalue weighted by molar-refractivity contribution is 6.00. The topological polar surface area (TPSA) is 46.5 Å². The Balaban J connectivity index is 2.70. The highest BCUT2D eigenvalue weighted by Gasteiger charge is 2.05. The van der Waals surface area contributed by atoms with E-state index in [2.05, 4.69) is 15.0 Å². The second-order valence-corrected chi connectivity index (χ2v) is 3.09. The summed E-state index contributed by atoms with van der Waals surface area (Å²) in [4.78, 5) is 11.6. The second kappa shape index (κ2) is 2.10. The zero-order valence-corrected chi connectivity index (χ0v) is 7.15. The standard InChI is InChI=1S/C9H8N4/c1-13-5-12-7-4-11-9-6(8(7)13)2-3-10-9/h2-5H,1H3,(H,10,11). The maximum Gasteiger partial charge on any atom is 0.139 e. The monoisotopic (exact) mass is 172 g/mol. The van der Waals surface area contributed by atoms with Gasteiger partial charge in [0, 0.05) is 18.6 Å². The van der Waals surface area contributed by atoms with Gasteiger partial charge in [-0.25, -0.2) is 9.97 Å². The predicted octanol–water partition coefficient (Wildman–Crippen LogP) is 1.45. The molecule has 13 heavy (non-hydrogen) atoms. The lowest BCUT2D eigenvalue weighted by molar-refractivity contribution is 0.951. The van der Waals surface area contributed by atoms with Crippen LogP contribution < -0.4 is 0 Å². The largest absolute Gasteiger partial charge is 0.346 e. The molecule has 0 aliphatic rings. The van der Waals surface area contributed by atoms with Crippen molar-refractivity contribution in [3.63, 3.8) is 0 Å². The lowest BCUT2D eigenvalue weighted by atomic mass is 10.3. The number of rotatable bonds is 0. The van der Waals surface area contributed by atoms with Crippen molar-refractivity contribution in [1.29, 1.82) is 0 Å². The molecule has 0 saturated carbocycles. The van der Waals surface area contributed by atoms with Gasteiger partial charge in [-0.15, -0.1) is 0 Å². The predicted molar refractivity (Wildman–Crippen MR) is 50.4 cm³/mol. The molecule has 1 N–H and O–H groups in total. The number of nitrogens with one attached hydrogen (secondary N) is 1. The van der Waals surface area contributed by atoms with E-state index < -0.39 is 0 Å². The average molecular weight is 172 g/mol. The quantitative estimate of drug-likeness (QED) is 0.557. The van der Waals surface area contributed by atoms with Gasteiger partial charge in [0.05, 0.1) is 18.0 Å². The fourth-order valence-corrected chi connectivity index (χ4v) is 1.66. The highest BCUT2D eigenvalue weighted by atomic mass is 15.0. The Kier molecular flexibility index (Phi) is 1.07. The number of hydrogen-bond acceptors (Lipinski definition) is 2. The van der Waals surface area contributed by atoms with E-state index in [1.807, 2.05) is 23.9 Å². The third-order valence-corrected chi connectivity index (χ3v) is 2.26. The molecule has 4 heteroatoms. The van der Waals surface area contributed by atoms with Crippen LogP contribution in [0.4, 0.5) is 0 Å². The first-order chi connectivity index (χ1) is 6.36. The molecular weight excluding hydrogens is 164 g/mol. The van der Waals surface area contributed by atoms with Gasteiger partial charge < -0.3 is 9.55 Å². The van der Waals surface area contributed by atoms with E-state index >= 15 is 0 Å². The highest BCUT2D eigenvalue weighted by Crippen LogP contribution is 2.20. The van der Waals surface area contributed by atoms with Crippen molar-refractivity contribution in [2.45, 2.75) is 0 Å². The molecule has 0 amide bonds. The third-order valence-electron chi connectivity index (χ3n) is 2.26. The van der Waals surface area contributed by atoms with Crippen LogP contribution in [0.1, 0.15) is 0 Å². The molecule has 3 aromatic rings. The minimum absolute atomic E-state index is 0.913. The van der Waals surface area contributed by atoms with Crippen molar-refractivity contribution >= 4 is 22.1 Å². The summed E-state index contributed by atoms with van der Waals surface area (Å²) in [5, 5.41) is 1.12. The zero-order chi connectivity index (χ0) is 8.84. The normalized spacial score (nSPS) is 11.5. The fourth-order valence-electron chi connectivity index (χ4n) is 1.66. The molecule has 4 nitrogen and oxygen atoms in total. The number of aromatic amines is 1. The van der Waals surface area contributed by atoms with Crippen LogP contribution in [0.5, 0.6) is 0 Å². The van der Waals surface area contributed by atoms with Crippen LogP contribution in [0, 0.1) is 0 Å². The summed E-state index contributed by atoms with van der Waals surface area (Å²) < 4.78 is 2.01. The maximum absolute atomic E-state index is 4.25. The SMILES string of the molecule is Cn1cnc2cnc3[nH]ccc3c21. The first-order valence-corrected chi connectivity index (χ1v) is 4.09. The van der Waals surface area contributed by atoms with Gasteiger partial charge in [-0.2, -0.15) is 0 Å². The molecule has 0 unspecified atom stereocenters. The van der Waals surface area contributed by atoms with Crippen LogP contribution in [0.15, 0.2) is 24.8 Å². The Morgan fingerprint density at radius 3 is 3.23 bits per heavy atom. The van der Waals surface area contributed by atoms with Crippen molar-refractivity contribution in [3.8, 4) is 0 Å². The van der Waals surface area contributed by atoms with Crippen molar-refractivity contribution in [3.05, 3.63) is 24.8 Å². The second-order valence-electron chi connectivity index (χ2n) is 3.09. The summed E-state index contributed by atoms with van der Waals surface area (Å²) >= 11 is 0. The molecule has 3 rings (SSSR count). The molecule has 0 saturated heterocycles. The van der Waals surface area contributed by atoms with Gasteiger partial charge in [0.25, 0.3) is 0 Å². The summed E-state index contributed by atoms with van der Waals surface area (Å²) in [5.41, 5.74) is 2.98. The Hall–Kier alpha value is -1.84. The van der Waals surface area contributed by atoms with Gasteiger partial charge in [0.15, 0.2) is 0 Å². The van der Waals surface area contributed by atoms with Gasteiger partial charge in [0.2, 0.25) is 0 Å². The lowest BCUT2D eigenvalue weighted by Gasteiger charge is -1.95. The van der Waals surface area contributed by atoms with Gasteiger partial charge in [-0.3, -0.25) is 0 Å². The minimum Gasteiger partial charge on any atom is -0.346 e. The van der Waals surface area contributed by atoms with Crippen LogP contribution in [0.25, 0.3) is 22.1 Å².